The standard InChI is InChI=1S/C11H13NO4/c1-3-8-5-6-9(12(14)15)7-10(8)11(13)16-4-2/h5-7H,3-4H2,1-2H3. The zero-order chi connectivity index (χ0) is 12.1. The van der Waals surface area contributed by atoms with Crippen molar-refractivity contribution in [2.24, 2.45) is 0 Å². The maximum Gasteiger partial charge on any atom is 0.338 e. The molecule has 0 radical (unpaired) electrons. The third-order valence-corrected chi connectivity index (χ3v) is 2.18. The van der Waals surface area contributed by atoms with Crippen LogP contribution in [-0.4, -0.2) is 17.5 Å². The molecule has 0 unspecified atom stereocenters. The molecule has 0 spiro atoms. The highest BCUT2D eigenvalue weighted by molar-refractivity contribution is 5.91. The highest BCUT2D eigenvalue weighted by atomic mass is 16.6. The minimum atomic E-state index is -0.526. The summed E-state index contributed by atoms with van der Waals surface area (Å²) < 4.78 is 4.84. The van der Waals surface area contributed by atoms with Gasteiger partial charge >= 0.3 is 5.97 Å². The zero-order valence-electron chi connectivity index (χ0n) is 9.23. The summed E-state index contributed by atoms with van der Waals surface area (Å²) in [6.07, 6.45) is 0.631. The minimum absolute atomic E-state index is 0.0970. The Hall–Kier alpha value is -1.91. The number of nitro groups is 1. The molecular formula is C11H13NO4. The van der Waals surface area contributed by atoms with Crippen molar-refractivity contribution in [2.45, 2.75) is 20.3 Å². The van der Waals surface area contributed by atoms with Crippen LogP contribution in [-0.2, 0) is 11.2 Å². The van der Waals surface area contributed by atoms with E-state index in [1.165, 1.54) is 12.1 Å². The van der Waals surface area contributed by atoms with Gasteiger partial charge in [0, 0.05) is 12.1 Å². The minimum Gasteiger partial charge on any atom is -0.462 e. The maximum absolute atomic E-state index is 11.6. The molecule has 1 aromatic carbocycles. The molecule has 0 amide bonds. The molecule has 0 bridgehead atoms. The van der Waals surface area contributed by atoms with E-state index >= 15 is 0 Å². The highest BCUT2D eigenvalue weighted by Gasteiger charge is 2.16. The normalized spacial score (nSPS) is 9.88. The fourth-order valence-electron chi connectivity index (χ4n) is 1.39. The van der Waals surface area contributed by atoms with Gasteiger partial charge in [-0.05, 0) is 18.9 Å². The number of benzene rings is 1. The Bertz CT molecular complexity index is 414. The Morgan fingerprint density at radius 1 is 1.44 bits per heavy atom. The maximum atomic E-state index is 11.6. The van der Waals surface area contributed by atoms with Crippen LogP contribution in [0, 0.1) is 10.1 Å². The first-order chi connectivity index (χ1) is 7.60. The van der Waals surface area contributed by atoms with E-state index in [9.17, 15) is 14.9 Å². The third kappa shape index (κ3) is 2.56. The number of rotatable bonds is 4. The number of hydrogen-bond donors (Lipinski definition) is 0. The number of nitrogens with zero attached hydrogens (tertiary/aromatic N) is 1. The van der Waals surface area contributed by atoms with Gasteiger partial charge in [0.1, 0.15) is 0 Å². The largest absolute Gasteiger partial charge is 0.462 e. The monoisotopic (exact) mass is 223 g/mol. The van der Waals surface area contributed by atoms with E-state index in [1.807, 2.05) is 6.92 Å². The lowest BCUT2D eigenvalue weighted by molar-refractivity contribution is -0.384. The molecular weight excluding hydrogens is 210 g/mol. The van der Waals surface area contributed by atoms with Crippen LogP contribution in [0.15, 0.2) is 18.2 Å². The number of ether oxygens (including phenoxy) is 1. The SMILES string of the molecule is CCOC(=O)c1cc([N+](=O)[O-])ccc1CC. The van der Waals surface area contributed by atoms with Gasteiger partial charge in [-0.25, -0.2) is 4.79 Å². The number of carbonyl (C=O) groups excluding carboxylic acids is 1. The van der Waals surface area contributed by atoms with Crippen molar-refractivity contribution in [3.05, 3.63) is 39.4 Å². The van der Waals surface area contributed by atoms with Crippen LogP contribution >= 0.6 is 0 Å². The van der Waals surface area contributed by atoms with Gasteiger partial charge < -0.3 is 4.74 Å². The van der Waals surface area contributed by atoms with Crippen LogP contribution in [0.25, 0.3) is 0 Å². The lowest BCUT2D eigenvalue weighted by atomic mass is 10.0. The predicted molar refractivity (Wildman–Crippen MR) is 58.4 cm³/mol. The van der Waals surface area contributed by atoms with Gasteiger partial charge in [0.15, 0.2) is 0 Å². The molecule has 5 nitrogen and oxygen atoms in total. The smallest absolute Gasteiger partial charge is 0.338 e. The van der Waals surface area contributed by atoms with Crippen molar-refractivity contribution >= 4 is 11.7 Å². The van der Waals surface area contributed by atoms with Crippen LogP contribution in [0.4, 0.5) is 5.69 Å². The summed E-state index contributed by atoms with van der Waals surface area (Å²) in [6.45, 7) is 3.83. The van der Waals surface area contributed by atoms with E-state index < -0.39 is 10.9 Å². The van der Waals surface area contributed by atoms with Gasteiger partial charge in [0.2, 0.25) is 0 Å². The molecule has 16 heavy (non-hydrogen) atoms. The van der Waals surface area contributed by atoms with E-state index in [-0.39, 0.29) is 17.9 Å². The van der Waals surface area contributed by atoms with E-state index in [1.54, 1.807) is 13.0 Å². The Kier molecular flexibility index (Phi) is 3.99. The molecule has 0 aliphatic rings. The second-order valence-electron chi connectivity index (χ2n) is 3.17. The van der Waals surface area contributed by atoms with Gasteiger partial charge in [0.05, 0.1) is 17.1 Å². The van der Waals surface area contributed by atoms with Crippen LogP contribution in [0.5, 0.6) is 0 Å². The van der Waals surface area contributed by atoms with Gasteiger partial charge in [-0.15, -0.1) is 0 Å². The number of nitro benzene ring substituents is 1. The number of hydrogen-bond acceptors (Lipinski definition) is 4. The van der Waals surface area contributed by atoms with Gasteiger partial charge in [-0.2, -0.15) is 0 Å². The first-order valence-electron chi connectivity index (χ1n) is 5.04. The van der Waals surface area contributed by atoms with Gasteiger partial charge in [-0.3, -0.25) is 10.1 Å². The van der Waals surface area contributed by atoms with Crippen molar-refractivity contribution < 1.29 is 14.5 Å². The summed E-state index contributed by atoms with van der Waals surface area (Å²) in [6, 6.07) is 4.24. The molecule has 0 saturated heterocycles. The van der Waals surface area contributed by atoms with Crippen molar-refractivity contribution in [1.29, 1.82) is 0 Å². The molecule has 1 rings (SSSR count). The Labute approximate surface area is 93.2 Å². The lowest BCUT2D eigenvalue weighted by Gasteiger charge is -2.06. The molecule has 1 aromatic rings. The molecule has 0 saturated carbocycles. The topological polar surface area (TPSA) is 69.4 Å². The highest BCUT2D eigenvalue weighted by Crippen LogP contribution is 2.19. The summed E-state index contributed by atoms with van der Waals surface area (Å²) in [4.78, 5) is 21.6. The summed E-state index contributed by atoms with van der Waals surface area (Å²) >= 11 is 0. The van der Waals surface area contributed by atoms with Gasteiger partial charge in [0.25, 0.3) is 5.69 Å². The van der Waals surface area contributed by atoms with Crippen molar-refractivity contribution in [3.8, 4) is 0 Å². The summed E-state index contributed by atoms with van der Waals surface area (Å²) in [5, 5.41) is 10.6. The van der Waals surface area contributed by atoms with Crippen LogP contribution in [0.3, 0.4) is 0 Å². The fourth-order valence-corrected chi connectivity index (χ4v) is 1.39. The van der Waals surface area contributed by atoms with Crippen molar-refractivity contribution in [2.75, 3.05) is 6.61 Å². The molecule has 0 aromatic heterocycles. The van der Waals surface area contributed by atoms with Crippen LogP contribution < -0.4 is 0 Å². The summed E-state index contributed by atoms with van der Waals surface area (Å²) in [5.74, 6) is -0.511. The molecule has 5 heteroatoms. The first-order valence-corrected chi connectivity index (χ1v) is 5.04. The van der Waals surface area contributed by atoms with Gasteiger partial charge in [-0.1, -0.05) is 13.0 Å². The van der Waals surface area contributed by atoms with Crippen LogP contribution in [0.2, 0.25) is 0 Å². The van der Waals surface area contributed by atoms with E-state index in [2.05, 4.69) is 0 Å². The molecule has 0 fully saturated rings. The first kappa shape index (κ1) is 12.2. The van der Waals surface area contributed by atoms with E-state index in [4.69, 9.17) is 4.74 Å². The lowest BCUT2D eigenvalue weighted by Crippen LogP contribution is -2.08. The zero-order valence-corrected chi connectivity index (χ0v) is 9.23. The molecule has 0 N–H and O–H groups in total. The number of esters is 1. The Morgan fingerprint density at radius 3 is 2.62 bits per heavy atom. The van der Waals surface area contributed by atoms with Crippen LogP contribution in [0.1, 0.15) is 29.8 Å². The second kappa shape index (κ2) is 5.25. The average molecular weight is 223 g/mol. The van der Waals surface area contributed by atoms with E-state index in [0.717, 1.165) is 5.56 Å². The quantitative estimate of drug-likeness (QED) is 0.446. The molecule has 86 valence electrons. The van der Waals surface area contributed by atoms with Crippen molar-refractivity contribution in [1.82, 2.24) is 0 Å². The summed E-state index contributed by atoms with van der Waals surface area (Å²) in [5.41, 5.74) is 0.933. The second-order valence-corrected chi connectivity index (χ2v) is 3.17. The molecule has 0 aliphatic heterocycles. The molecule has 0 heterocycles. The molecule has 0 aliphatic carbocycles. The number of non-ortho nitro benzene ring substituents is 1. The number of aryl methyl sites for hydroxylation is 1. The molecule has 0 atom stereocenters. The van der Waals surface area contributed by atoms with Crippen molar-refractivity contribution in [3.63, 3.8) is 0 Å². The average Bonchev–Trinajstić information content (AvgIpc) is 2.28. The summed E-state index contributed by atoms with van der Waals surface area (Å²) in [7, 11) is 0. The number of carbonyl (C=O) groups is 1. The Balaban J connectivity index is 3.16. The van der Waals surface area contributed by atoms with E-state index in [0.29, 0.717) is 6.42 Å². The predicted octanol–water partition coefficient (Wildman–Crippen LogP) is 2.33. The fraction of sp³-hybridized carbons (Fsp3) is 0.364. The Morgan fingerprint density at radius 2 is 2.12 bits per heavy atom. The third-order valence-electron chi connectivity index (χ3n) is 2.18.